The molecule has 2 atom stereocenters. The van der Waals surface area contributed by atoms with Crippen LogP contribution in [0, 0.1) is 0 Å². The van der Waals surface area contributed by atoms with Crippen molar-refractivity contribution < 1.29 is 14.3 Å². The fourth-order valence-corrected chi connectivity index (χ4v) is 2.36. The Hall–Kier alpha value is -1.55. The van der Waals surface area contributed by atoms with Gasteiger partial charge in [0, 0.05) is 5.56 Å². The lowest BCUT2D eigenvalue weighted by Gasteiger charge is -2.20. The van der Waals surface area contributed by atoms with E-state index in [1.54, 1.807) is 0 Å². The average molecular weight is 263 g/mol. The summed E-state index contributed by atoms with van der Waals surface area (Å²) in [6, 6.07) is 7.74. The first kappa shape index (κ1) is 13.9. The van der Waals surface area contributed by atoms with E-state index >= 15 is 0 Å². The van der Waals surface area contributed by atoms with Crippen LogP contribution in [0.25, 0.3) is 0 Å². The molecule has 1 aliphatic rings. The Morgan fingerprint density at radius 1 is 1.53 bits per heavy atom. The quantitative estimate of drug-likeness (QED) is 0.801. The summed E-state index contributed by atoms with van der Waals surface area (Å²) < 4.78 is 10.5. The number of hydrogen-bond acceptors (Lipinski definition) is 4. The molecule has 0 aromatic heterocycles. The molecule has 0 amide bonds. The zero-order valence-electron chi connectivity index (χ0n) is 11.5. The normalized spacial score (nSPS) is 18.5. The molecule has 1 aromatic rings. The fourth-order valence-electron chi connectivity index (χ4n) is 2.36. The Labute approximate surface area is 114 Å². The number of unbranched alkanes of at least 4 members (excludes halogenated alkanes) is 1. The molecule has 1 heterocycles. The molecule has 104 valence electrons. The molecule has 19 heavy (non-hydrogen) atoms. The number of methoxy groups -OCH3 is 1. The molecular weight excluding hydrogens is 242 g/mol. The highest BCUT2D eigenvalue weighted by molar-refractivity contribution is 5.75. The van der Waals surface area contributed by atoms with Crippen LogP contribution in [-0.4, -0.2) is 25.7 Å². The molecule has 0 spiro atoms. The third-order valence-corrected chi connectivity index (χ3v) is 3.43. The SMILES string of the molecule is CCCCC(NC1COc2ccccc21)C(=O)OC. The maximum atomic E-state index is 11.8. The van der Waals surface area contributed by atoms with E-state index in [2.05, 4.69) is 12.2 Å². The van der Waals surface area contributed by atoms with Crippen molar-refractivity contribution in [1.82, 2.24) is 5.32 Å². The molecule has 0 radical (unpaired) electrons. The van der Waals surface area contributed by atoms with Crippen LogP contribution < -0.4 is 10.1 Å². The topological polar surface area (TPSA) is 47.6 Å². The Morgan fingerprint density at radius 3 is 3.05 bits per heavy atom. The van der Waals surface area contributed by atoms with Crippen LogP contribution in [0.5, 0.6) is 5.75 Å². The summed E-state index contributed by atoms with van der Waals surface area (Å²) >= 11 is 0. The molecule has 1 aromatic carbocycles. The van der Waals surface area contributed by atoms with Crippen LogP contribution in [0.1, 0.15) is 37.8 Å². The summed E-state index contributed by atoms with van der Waals surface area (Å²) in [5, 5.41) is 3.36. The second kappa shape index (κ2) is 6.57. The summed E-state index contributed by atoms with van der Waals surface area (Å²) in [7, 11) is 1.43. The van der Waals surface area contributed by atoms with E-state index in [1.165, 1.54) is 7.11 Å². The van der Waals surface area contributed by atoms with Crippen LogP contribution in [0.2, 0.25) is 0 Å². The van der Waals surface area contributed by atoms with Crippen molar-refractivity contribution >= 4 is 5.97 Å². The van der Waals surface area contributed by atoms with Gasteiger partial charge >= 0.3 is 5.97 Å². The zero-order chi connectivity index (χ0) is 13.7. The molecule has 2 unspecified atom stereocenters. The van der Waals surface area contributed by atoms with Crippen LogP contribution in [0.15, 0.2) is 24.3 Å². The van der Waals surface area contributed by atoms with Gasteiger partial charge in [0.15, 0.2) is 0 Å². The smallest absolute Gasteiger partial charge is 0.322 e. The third kappa shape index (κ3) is 3.26. The minimum atomic E-state index is -0.260. The molecule has 4 heteroatoms. The van der Waals surface area contributed by atoms with E-state index in [0.29, 0.717) is 6.61 Å². The first-order chi connectivity index (χ1) is 9.26. The predicted molar refractivity (Wildman–Crippen MR) is 73.1 cm³/mol. The van der Waals surface area contributed by atoms with Gasteiger partial charge in [0.2, 0.25) is 0 Å². The van der Waals surface area contributed by atoms with E-state index in [9.17, 15) is 4.79 Å². The van der Waals surface area contributed by atoms with Gasteiger partial charge in [-0.1, -0.05) is 38.0 Å². The Morgan fingerprint density at radius 2 is 2.32 bits per heavy atom. The summed E-state index contributed by atoms with van der Waals surface area (Å²) in [6.07, 6.45) is 2.86. The highest BCUT2D eigenvalue weighted by atomic mass is 16.5. The Balaban J connectivity index is 2.04. The van der Waals surface area contributed by atoms with Gasteiger partial charge in [-0.2, -0.15) is 0 Å². The van der Waals surface area contributed by atoms with Gasteiger partial charge in [0.05, 0.1) is 13.2 Å². The largest absolute Gasteiger partial charge is 0.491 e. The van der Waals surface area contributed by atoms with Crippen molar-refractivity contribution in [1.29, 1.82) is 0 Å². The van der Waals surface area contributed by atoms with Gasteiger partial charge in [-0.3, -0.25) is 10.1 Å². The van der Waals surface area contributed by atoms with Crippen molar-refractivity contribution in [3.63, 3.8) is 0 Å². The summed E-state index contributed by atoms with van der Waals surface area (Å²) in [4.78, 5) is 11.8. The number of para-hydroxylation sites is 1. The number of carbonyl (C=O) groups excluding carboxylic acids is 1. The van der Waals surface area contributed by atoms with Gasteiger partial charge in [0.1, 0.15) is 18.4 Å². The van der Waals surface area contributed by atoms with Crippen molar-refractivity contribution in [2.24, 2.45) is 0 Å². The standard InChI is InChI=1S/C15H21NO3/c1-3-4-8-12(15(17)18-2)16-13-10-19-14-9-6-5-7-11(13)14/h5-7,9,12-13,16H,3-4,8,10H2,1-2H3. The Bertz CT molecular complexity index is 433. The Kier molecular flexibility index (Phi) is 4.80. The van der Waals surface area contributed by atoms with Gasteiger partial charge in [-0.05, 0) is 12.5 Å². The van der Waals surface area contributed by atoms with Gasteiger partial charge in [0.25, 0.3) is 0 Å². The first-order valence-corrected chi connectivity index (χ1v) is 6.81. The molecule has 0 fully saturated rings. The monoisotopic (exact) mass is 263 g/mol. The molecule has 0 aliphatic carbocycles. The highest BCUT2D eigenvalue weighted by Gasteiger charge is 2.28. The second-order valence-electron chi connectivity index (χ2n) is 4.79. The minimum Gasteiger partial charge on any atom is -0.491 e. The summed E-state index contributed by atoms with van der Waals surface area (Å²) in [5.74, 6) is 0.705. The van der Waals surface area contributed by atoms with Gasteiger partial charge in [-0.15, -0.1) is 0 Å². The number of ether oxygens (including phenoxy) is 2. The molecule has 1 aliphatic heterocycles. The molecule has 0 saturated carbocycles. The fraction of sp³-hybridized carbons (Fsp3) is 0.533. The average Bonchev–Trinajstić information content (AvgIpc) is 2.86. The van der Waals surface area contributed by atoms with Crippen LogP contribution in [0.4, 0.5) is 0 Å². The van der Waals surface area contributed by atoms with Crippen molar-refractivity contribution in [2.75, 3.05) is 13.7 Å². The van der Waals surface area contributed by atoms with E-state index < -0.39 is 0 Å². The second-order valence-corrected chi connectivity index (χ2v) is 4.79. The van der Waals surface area contributed by atoms with Crippen molar-refractivity contribution in [2.45, 2.75) is 38.3 Å². The number of hydrogen-bond donors (Lipinski definition) is 1. The molecular formula is C15H21NO3. The maximum absolute atomic E-state index is 11.8. The van der Waals surface area contributed by atoms with E-state index in [0.717, 1.165) is 30.6 Å². The molecule has 0 saturated heterocycles. The lowest BCUT2D eigenvalue weighted by atomic mass is 10.0. The summed E-state index contributed by atoms with van der Waals surface area (Å²) in [5.41, 5.74) is 1.12. The predicted octanol–water partition coefficient (Wildman–Crippen LogP) is 2.44. The first-order valence-electron chi connectivity index (χ1n) is 6.81. The van der Waals surface area contributed by atoms with Gasteiger partial charge < -0.3 is 9.47 Å². The molecule has 4 nitrogen and oxygen atoms in total. The summed E-state index contributed by atoms with van der Waals surface area (Å²) in [6.45, 7) is 2.68. The van der Waals surface area contributed by atoms with E-state index in [4.69, 9.17) is 9.47 Å². The maximum Gasteiger partial charge on any atom is 0.322 e. The van der Waals surface area contributed by atoms with Crippen molar-refractivity contribution in [3.05, 3.63) is 29.8 Å². The van der Waals surface area contributed by atoms with E-state index in [-0.39, 0.29) is 18.1 Å². The molecule has 2 rings (SSSR count). The van der Waals surface area contributed by atoms with Crippen molar-refractivity contribution in [3.8, 4) is 5.75 Å². The van der Waals surface area contributed by atoms with E-state index in [1.807, 2.05) is 24.3 Å². The van der Waals surface area contributed by atoms with Crippen LogP contribution in [-0.2, 0) is 9.53 Å². The molecule has 0 bridgehead atoms. The van der Waals surface area contributed by atoms with Crippen LogP contribution in [0.3, 0.4) is 0 Å². The number of nitrogens with one attached hydrogen (secondary N) is 1. The highest BCUT2D eigenvalue weighted by Crippen LogP contribution is 2.32. The number of fused-ring (bicyclic) bond motifs is 1. The minimum absolute atomic E-state index is 0.0668. The number of esters is 1. The number of carbonyl (C=O) groups is 1. The third-order valence-electron chi connectivity index (χ3n) is 3.43. The lowest BCUT2D eigenvalue weighted by molar-refractivity contribution is -0.143. The number of rotatable bonds is 6. The van der Waals surface area contributed by atoms with Gasteiger partial charge in [-0.25, -0.2) is 0 Å². The number of benzene rings is 1. The lowest BCUT2D eigenvalue weighted by Crippen LogP contribution is -2.40. The molecule has 1 N–H and O–H groups in total. The van der Waals surface area contributed by atoms with Crippen LogP contribution >= 0.6 is 0 Å². The zero-order valence-corrected chi connectivity index (χ0v) is 11.5.